The molecule has 2 rings (SSSR count). The molecule has 0 unspecified atom stereocenters. The summed E-state index contributed by atoms with van der Waals surface area (Å²) in [5.74, 6) is 0.881. The van der Waals surface area contributed by atoms with Crippen molar-refractivity contribution in [3.63, 3.8) is 0 Å². The maximum absolute atomic E-state index is 12.2. The minimum absolute atomic E-state index is 0.0334. The van der Waals surface area contributed by atoms with Crippen molar-refractivity contribution in [2.24, 2.45) is 0 Å². The molecule has 0 aliphatic carbocycles. The number of carbonyl (C=O) groups excluding carboxylic acids is 1. The molecule has 158 valence electrons. The summed E-state index contributed by atoms with van der Waals surface area (Å²) >= 11 is 19.9. The number of hydrogen-bond acceptors (Lipinski definition) is 4. The van der Waals surface area contributed by atoms with Gasteiger partial charge in [0.1, 0.15) is 0 Å². The van der Waals surface area contributed by atoms with Crippen molar-refractivity contribution in [1.82, 2.24) is 9.62 Å². The number of nitrogens with zero attached hydrogens (tertiary/aromatic N) is 1. The van der Waals surface area contributed by atoms with Crippen molar-refractivity contribution < 1.29 is 13.2 Å². The van der Waals surface area contributed by atoms with Crippen LogP contribution in [0.4, 0.5) is 0 Å². The Morgan fingerprint density at radius 2 is 1.66 bits per heavy atom. The molecule has 2 aromatic rings. The van der Waals surface area contributed by atoms with Crippen molar-refractivity contribution >= 4 is 62.5 Å². The highest BCUT2D eigenvalue weighted by Gasteiger charge is 2.21. The highest BCUT2D eigenvalue weighted by molar-refractivity contribution is 7.98. The number of sulfonamides is 1. The molecule has 0 atom stereocenters. The second-order valence-electron chi connectivity index (χ2n) is 6.23. The molecule has 0 spiro atoms. The van der Waals surface area contributed by atoms with Gasteiger partial charge >= 0.3 is 0 Å². The lowest BCUT2D eigenvalue weighted by Gasteiger charge is -2.20. The van der Waals surface area contributed by atoms with E-state index < -0.39 is 10.0 Å². The maximum atomic E-state index is 12.2. The van der Waals surface area contributed by atoms with Gasteiger partial charge in [0.15, 0.2) is 0 Å². The quantitative estimate of drug-likeness (QED) is 0.494. The molecular formula is C19H21Cl3N2O3S2. The van der Waals surface area contributed by atoms with Crippen LogP contribution in [0.15, 0.2) is 42.5 Å². The molecular weight excluding hydrogens is 475 g/mol. The highest BCUT2D eigenvalue weighted by Crippen LogP contribution is 2.28. The first kappa shape index (κ1) is 24.3. The molecule has 0 aliphatic rings. The van der Waals surface area contributed by atoms with Gasteiger partial charge in [-0.3, -0.25) is 4.79 Å². The molecule has 0 fully saturated rings. The third-order valence-corrected chi connectivity index (χ3v) is 7.23. The minimum atomic E-state index is -3.58. The second-order valence-corrected chi connectivity index (χ2v) is 10.5. The SMILES string of the molecule is CS(=O)(=O)N(CC(=O)NCCSCc1c(Cl)cccc1Cl)Cc1ccccc1Cl. The molecule has 1 amide bonds. The molecule has 10 heteroatoms. The number of hydrogen-bond donors (Lipinski definition) is 1. The first-order chi connectivity index (χ1) is 13.7. The van der Waals surface area contributed by atoms with E-state index in [2.05, 4.69) is 5.32 Å². The summed E-state index contributed by atoms with van der Waals surface area (Å²) in [6, 6.07) is 12.3. The summed E-state index contributed by atoms with van der Waals surface area (Å²) in [6.45, 7) is 0.159. The van der Waals surface area contributed by atoms with Gasteiger partial charge in [-0.2, -0.15) is 16.1 Å². The Kier molecular flexibility index (Phi) is 9.59. The number of nitrogens with one attached hydrogen (secondary N) is 1. The van der Waals surface area contributed by atoms with Crippen LogP contribution in [-0.4, -0.2) is 43.7 Å². The fourth-order valence-corrected chi connectivity index (χ4v) is 4.95. The molecule has 5 nitrogen and oxygen atoms in total. The molecule has 0 saturated carbocycles. The number of thioether (sulfide) groups is 1. The molecule has 2 aromatic carbocycles. The average Bonchev–Trinajstić information content (AvgIpc) is 2.64. The molecule has 0 heterocycles. The summed E-state index contributed by atoms with van der Waals surface area (Å²) in [7, 11) is -3.58. The zero-order valence-electron chi connectivity index (χ0n) is 15.7. The van der Waals surface area contributed by atoms with E-state index >= 15 is 0 Å². The smallest absolute Gasteiger partial charge is 0.235 e. The molecule has 1 N–H and O–H groups in total. The average molecular weight is 496 g/mol. The standard InChI is InChI=1S/C19H21Cl3N2O3S2/c1-29(26,27)24(11-14-5-2-3-6-16(14)20)12-19(25)23-9-10-28-13-15-17(21)7-4-8-18(15)22/h2-8H,9-13H2,1H3,(H,23,25). The summed E-state index contributed by atoms with van der Waals surface area (Å²) < 4.78 is 25.2. The maximum Gasteiger partial charge on any atom is 0.235 e. The minimum Gasteiger partial charge on any atom is -0.354 e. The van der Waals surface area contributed by atoms with Crippen molar-refractivity contribution in [3.8, 4) is 0 Å². The Labute approximate surface area is 190 Å². The Bertz CT molecular complexity index is 935. The van der Waals surface area contributed by atoms with Crippen LogP contribution in [-0.2, 0) is 27.1 Å². The number of carbonyl (C=O) groups is 1. The monoisotopic (exact) mass is 494 g/mol. The second kappa shape index (κ2) is 11.4. The Hall–Kier alpha value is -0.960. The normalized spacial score (nSPS) is 11.6. The van der Waals surface area contributed by atoms with Crippen LogP contribution in [0, 0.1) is 0 Å². The van der Waals surface area contributed by atoms with Gasteiger partial charge in [0.25, 0.3) is 0 Å². The van der Waals surface area contributed by atoms with E-state index in [-0.39, 0.29) is 19.0 Å². The predicted octanol–water partition coefficient (Wildman–Crippen LogP) is 4.46. The van der Waals surface area contributed by atoms with Gasteiger partial charge in [0, 0.05) is 39.7 Å². The molecule has 29 heavy (non-hydrogen) atoms. The summed E-state index contributed by atoms with van der Waals surface area (Å²) in [5, 5.41) is 4.41. The van der Waals surface area contributed by atoms with Crippen LogP contribution < -0.4 is 5.32 Å². The summed E-state index contributed by atoms with van der Waals surface area (Å²) in [6.07, 6.45) is 1.07. The van der Waals surface area contributed by atoms with E-state index in [1.54, 1.807) is 54.2 Å². The number of rotatable bonds is 10. The lowest BCUT2D eigenvalue weighted by molar-refractivity contribution is -0.121. The number of amides is 1. The predicted molar refractivity (Wildman–Crippen MR) is 122 cm³/mol. The Balaban J connectivity index is 1.82. The van der Waals surface area contributed by atoms with Gasteiger partial charge < -0.3 is 5.32 Å². The van der Waals surface area contributed by atoms with E-state index in [4.69, 9.17) is 34.8 Å². The third kappa shape index (κ3) is 8.00. The van der Waals surface area contributed by atoms with E-state index in [1.165, 1.54) is 0 Å². The van der Waals surface area contributed by atoms with E-state index in [9.17, 15) is 13.2 Å². The van der Waals surface area contributed by atoms with Crippen LogP contribution in [0.5, 0.6) is 0 Å². The zero-order chi connectivity index (χ0) is 21.4. The molecule has 0 aromatic heterocycles. The third-order valence-electron chi connectivity index (χ3n) is 3.97. The largest absolute Gasteiger partial charge is 0.354 e. The first-order valence-electron chi connectivity index (χ1n) is 8.64. The highest BCUT2D eigenvalue weighted by atomic mass is 35.5. The van der Waals surface area contributed by atoms with Gasteiger partial charge in [-0.1, -0.05) is 59.1 Å². The number of halogens is 3. The Morgan fingerprint density at radius 3 is 2.28 bits per heavy atom. The van der Waals surface area contributed by atoms with Crippen molar-refractivity contribution in [2.75, 3.05) is 25.1 Å². The summed E-state index contributed by atoms with van der Waals surface area (Å²) in [4.78, 5) is 12.2. The summed E-state index contributed by atoms with van der Waals surface area (Å²) in [5.41, 5.74) is 1.50. The molecule has 0 aliphatic heterocycles. The van der Waals surface area contributed by atoms with Gasteiger partial charge in [0.05, 0.1) is 12.8 Å². The fraction of sp³-hybridized carbons (Fsp3) is 0.316. The molecule has 0 bridgehead atoms. The van der Waals surface area contributed by atoms with Gasteiger partial charge in [0.2, 0.25) is 15.9 Å². The number of benzene rings is 2. The lowest BCUT2D eigenvalue weighted by atomic mass is 10.2. The Morgan fingerprint density at radius 1 is 1.03 bits per heavy atom. The molecule has 0 radical (unpaired) electrons. The van der Waals surface area contributed by atoms with Crippen molar-refractivity contribution in [2.45, 2.75) is 12.3 Å². The molecule has 0 saturated heterocycles. The van der Waals surface area contributed by atoms with Gasteiger partial charge in [-0.05, 0) is 29.3 Å². The van der Waals surface area contributed by atoms with Crippen LogP contribution in [0.3, 0.4) is 0 Å². The van der Waals surface area contributed by atoms with Crippen LogP contribution in [0.25, 0.3) is 0 Å². The van der Waals surface area contributed by atoms with Gasteiger partial charge in [-0.25, -0.2) is 8.42 Å². The van der Waals surface area contributed by atoms with E-state index in [1.807, 2.05) is 0 Å². The van der Waals surface area contributed by atoms with Crippen LogP contribution >= 0.6 is 46.6 Å². The van der Waals surface area contributed by atoms with Crippen molar-refractivity contribution in [3.05, 3.63) is 68.7 Å². The van der Waals surface area contributed by atoms with Crippen molar-refractivity contribution in [1.29, 1.82) is 0 Å². The van der Waals surface area contributed by atoms with E-state index in [0.29, 0.717) is 38.7 Å². The lowest BCUT2D eigenvalue weighted by Crippen LogP contribution is -2.40. The topological polar surface area (TPSA) is 66.5 Å². The van der Waals surface area contributed by atoms with Crippen LogP contribution in [0.2, 0.25) is 15.1 Å². The van der Waals surface area contributed by atoms with Gasteiger partial charge in [-0.15, -0.1) is 0 Å². The van der Waals surface area contributed by atoms with Crippen LogP contribution in [0.1, 0.15) is 11.1 Å². The zero-order valence-corrected chi connectivity index (χ0v) is 19.6. The fourth-order valence-electron chi connectivity index (χ4n) is 2.43. The first-order valence-corrected chi connectivity index (χ1v) is 12.8. The van der Waals surface area contributed by atoms with E-state index in [0.717, 1.165) is 16.1 Å².